The fourth-order valence-corrected chi connectivity index (χ4v) is 3.31. The van der Waals surface area contributed by atoms with Gasteiger partial charge in [0.1, 0.15) is 0 Å². The number of fused-ring (bicyclic) bond motifs is 1. The molecule has 3 rings (SSSR count). The van der Waals surface area contributed by atoms with Crippen LogP contribution in [0.1, 0.15) is 36.0 Å². The van der Waals surface area contributed by atoms with Gasteiger partial charge in [-0.3, -0.25) is 14.8 Å². The van der Waals surface area contributed by atoms with Gasteiger partial charge in [0.25, 0.3) is 5.91 Å². The smallest absolute Gasteiger partial charge is 0.251 e. The second-order valence-electron chi connectivity index (χ2n) is 5.54. The monoisotopic (exact) mass is 303 g/mol. The lowest BCUT2D eigenvalue weighted by molar-refractivity contribution is 0.0911. The van der Waals surface area contributed by atoms with Crippen LogP contribution < -0.4 is 5.32 Å². The van der Waals surface area contributed by atoms with E-state index in [1.807, 2.05) is 6.07 Å². The summed E-state index contributed by atoms with van der Waals surface area (Å²) >= 11 is 6.01. The molecule has 21 heavy (non-hydrogen) atoms. The predicted molar refractivity (Wildman–Crippen MR) is 83.5 cm³/mol. The van der Waals surface area contributed by atoms with Crippen LogP contribution in [-0.4, -0.2) is 27.8 Å². The molecule has 0 spiro atoms. The standard InChI is InChI=1S/C16H18ClN3O/c17-10-12-3-1-2-4-13(12)20-16(21)11-5-6-14-15(9-11)19-8-7-18-14/h5-9,12-13H,1-4,10H2,(H,20,21). The molecule has 1 saturated carbocycles. The highest BCUT2D eigenvalue weighted by Crippen LogP contribution is 2.25. The van der Waals surface area contributed by atoms with Gasteiger partial charge in [0, 0.05) is 29.9 Å². The minimum absolute atomic E-state index is 0.0513. The van der Waals surface area contributed by atoms with Crippen LogP contribution in [0.3, 0.4) is 0 Å². The zero-order chi connectivity index (χ0) is 14.7. The van der Waals surface area contributed by atoms with Gasteiger partial charge >= 0.3 is 0 Å². The Kier molecular flexibility index (Phi) is 4.34. The summed E-state index contributed by atoms with van der Waals surface area (Å²) in [5.41, 5.74) is 2.16. The van der Waals surface area contributed by atoms with Gasteiger partial charge < -0.3 is 5.32 Å². The Hall–Kier alpha value is -1.68. The van der Waals surface area contributed by atoms with Gasteiger partial charge in [-0.25, -0.2) is 0 Å². The van der Waals surface area contributed by atoms with Gasteiger partial charge in [0.15, 0.2) is 0 Å². The van der Waals surface area contributed by atoms with Crippen molar-refractivity contribution in [1.29, 1.82) is 0 Å². The topological polar surface area (TPSA) is 54.9 Å². The zero-order valence-corrected chi connectivity index (χ0v) is 12.5. The van der Waals surface area contributed by atoms with Crippen LogP contribution in [0.5, 0.6) is 0 Å². The van der Waals surface area contributed by atoms with Gasteiger partial charge in [0.2, 0.25) is 0 Å². The van der Waals surface area contributed by atoms with E-state index in [2.05, 4.69) is 15.3 Å². The molecule has 1 aliphatic carbocycles. The van der Waals surface area contributed by atoms with E-state index in [-0.39, 0.29) is 11.9 Å². The van der Waals surface area contributed by atoms with Crippen molar-refractivity contribution in [3.8, 4) is 0 Å². The minimum Gasteiger partial charge on any atom is -0.349 e. The summed E-state index contributed by atoms with van der Waals surface area (Å²) in [5.74, 6) is 0.933. The molecule has 2 aromatic rings. The average molecular weight is 304 g/mol. The molecule has 5 heteroatoms. The van der Waals surface area contributed by atoms with Gasteiger partial charge in [-0.1, -0.05) is 12.8 Å². The zero-order valence-electron chi connectivity index (χ0n) is 11.8. The number of carbonyl (C=O) groups excluding carboxylic acids is 1. The number of hydrogen-bond donors (Lipinski definition) is 1. The van der Waals surface area contributed by atoms with E-state index in [1.54, 1.807) is 24.5 Å². The number of nitrogens with zero attached hydrogens (tertiary/aromatic N) is 2. The van der Waals surface area contributed by atoms with E-state index in [4.69, 9.17) is 11.6 Å². The highest BCUT2D eigenvalue weighted by molar-refractivity contribution is 6.18. The summed E-state index contributed by atoms with van der Waals surface area (Å²) in [5, 5.41) is 3.13. The molecule has 2 unspecified atom stereocenters. The van der Waals surface area contributed by atoms with Crippen molar-refractivity contribution < 1.29 is 4.79 Å². The molecule has 0 saturated heterocycles. The van der Waals surface area contributed by atoms with Crippen LogP contribution in [-0.2, 0) is 0 Å². The van der Waals surface area contributed by atoms with E-state index in [9.17, 15) is 4.79 Å². The maximum Gasteiger partial charge on any atom is 0.251 e. The van der Waals surface area contributed by atoms with E-state index in [0.717, 1.165) is 30.3 Å². The van der Waals surface area contributed by atoms with Crippen molar-refractivity contribution in [3.63, 3.8) is 0 Å². The van der Waals surface area contributed by atoms with Crippen molar-refractivity contribution in [3.05, 3.63) is 36.2 Å². The SMILES string of the molecule is O=C(NC1CCCCC1CCl)c1ccc2nccnc2c1. The molecule has 1 fully saturated rings. The number of alkyl halides is 1. The third-order valence-electron chi connectivity index (χ3n) is 4.16. The van der Waals surface area contributed by atoms with Gasteiger partial charge in [0.05, 0.1) is 11.0 Å². The number of hydrogen-bond acceptors (Lipinski definition) is 3. The molecule has 0 radical (unpaired) electrons. The number of amides is 1. The second-order valence-corrected chi connectivity index (χ2v) is 5.85. The van der Waals surface area contributed by atoms with E-state index >= 15 is 0 Å². The van der Waals surface area contributed by atoms with E-state index < -0.39 is 0 Å². The number of rotatable bonds is 3. The molecule has 0 bridgehead atoms. The van der Waals surface area contributed by atoms with Crippen molar-refractivity contribution in [1.82, 2.24) is 15.3 Å². The molecule has 2 atom stereocenters. The highest BCUT2D eigenvalue weighted by atomic mass is 35.5. The Morgan fingerprint density at radius 1 is 1.19 bits per heavy atom. The van der Waals surface area contributed by atoms with Crippen LogP contribution in [0.2, 0.25) is 0 Å². The van der Waals surface area contributed by atoms with Crippen LogP contribution in [0.15, 0.2) is 30.6 Å². The summed E-state index contributed by atoms with van der Waals surface area (Å²) in [6.07, 6.45) is 7.74. The van der Waals surface area contributed by atoms with Crippen LogP contribution >= 0.6 is 11.6 Å². The lowest BCUT2D eigenvalue weighted by Crippen LogP contribution is -2.42. The molecule has 1 heterocycles. The van der Waals surface area contributed by atoms with Gasteiger partial charge in [-0.2, -0.15) is 0 Å². The Labute approximate surface area is 128 Å². The first-order chi connectivity index (χ1) is 10.3. The largest absolute Gasteiger partial charge is 0.349 e. The van der Waals surface area contributed by atoms with E-state index in [0.29, 0.717) is 17.4 Å². The molecular weight excluding hydrogens is 286 g/mol. The van der Waals surface area contributed by atoms with Crippen LogP contribution in [0.25, 0.3) is 11.0 Å². The fraction of sp³-hybridized carbons (Fsp3) is 0.438. The summed E-state index contributed by atoms with van der Waals surface area (Å²) in [7, 11) is 0. The highest BCUT2D eigenvalue weighted by Gasteiger charge is 2.26. The van der Waals surface area contributed by atoms with Gasteiger partial charge in [-0.05, 0) is 37.0 Å². The predicted octanol–water partition coefficient (Wildman–Crippen LogP) is 3.16. The van der Waals surface area contributed by atoms with Crippen molar-refractivity contribution in [2.45, 2.75) is 31.7 Å². The first kappa shape index (κ1) is 14.3. The molecule has 1 aliphatic rings. The minimum atomic E-state index is -0.0513. The first-order valence-corrected chi connectivity index (χ1v) is 7.89. The molecular formula is C16H18ClN3O. The molecule has 1 aromatic heterocycles. The number of nitrogens with one attached hydrogen (secondary N) is 1. The normalized spacial score (nSPS) is 22.1. The Morgan fingerprint density at radius 2 is 1.95 bits per heavy atom. The maximum atomic E-state index is 12.4. The van der Waals surface area contributed by atoms with Gasteiger partial charge in [-0.15, -0.1) is 11.6 Å². The third-order valence-corrected chi connectivity index (χ3v) is 4.55. The summed E-state index contributed by atoms with van der Waals surface area (Å²) in [6, 6.07) is 5.60. The van der Waals surface area contributed by atoms with Crippen molar-refractivity contribution in [2.24, 2.45) is 5.92 Å². The number of carbonyl (C=O) groups is 1. The van der Waals surface area contributed by atoms with Crippen LogP contribution in [0, 0.1) is 5.92 Å². The second kappa shape index (κ2) is 6.39. The van der Waals surface area contributed by atoms with Crippen molar-refractivity contribution in [2.75, 3.05) is 5.88 Å². The molecule has 110 valence electrons. The molecule has 4 nitrogen and oxygen atoms in total. The number of aromatic nitrogens is 2. The molecule has 1 N–H and O–H groups in total. The summed E-state index contributed by atoms with van der Waals surface area (Å²) < 4.78 is 0. The van der Waals surface area contributed by atoms with Crippen LogP contribution in [0.4, 0.5) is 0 Å². The Bertz CT molecular complexity index is 646. The molecule has 0 aliphatic heterocycles. The summed E-state index contributed by atoms with van der Waals surface area (Å²) in [4.78, 5) is 20.9. The Morgan fingerprint density at radius 3 is 2.76 bits per heavy atom. The van der Waals surface area contributed by atoms with Crippen molar-refractivity contribution >= 4 is 28.5 Å². The number of benzene rings is 1. The first-order valence-electron chi connectivity index (χ1n) is 7.35. The van der Waals surface area contributed by atoms with E-state index in [1.165, 1.54) is 6.42 Å². The summed E-state index contributed by atoms with van der Waals surface area (Å²) in [6.45, 7) is 0. The maximum absolute atomic E-state index is 12.4. The fourth-order valence-electron chi connectivity index (χ4n) is 2.94. The Balaban J connectivity index is 1.76. The lowest BCUT2D eigenvalue weighted by atomic mass is 9.85. The quantitative estimate of drug-likeness (QED) is 0.886. The molecule has 1 aromatic carbocycles. The third kappa shape index (κ3) is 3.16. The average Bonchev–Trinajstić information content (AvgIpc) is 2.55. The lowest BCUT2D eigenvalue weighted by Gasteiger charge is -2.30. The number of halogens is 1. The molecule has 1 amide bonds.